The largest absolute Gasteiger partial charge is 0.383 e. The summed E-state index contributed by atoms with van der Waals surface area (Å²) in [6, 6.07) is 0. The van der Waals surface area contributed by atoms with E-state index < -0.39 is 0 Å². The van der Waals surface area contributed by atoms with Gasteiger partial charge < -0.3 is 11.1 Å². The van der Waals surface area contributed by atoms with Crippen LogP contribution in [0.4, 0.5) is 11.6 Å². The third kappa shape index (κ3) is 2.84. The summed E-state index contributed by atoms with van der Waals surface area (Å²) in [6.45, 7) is 3.05. The van der Waals surface area contributed by atoms with E-state index in [1.54, 1.807) is 0 Å². The van der Waals surface area contributed by atoms with E-state index in [2.05, 4.69) is 38.1 Å². The Bertz CT molecular complexity index is 277. The molecule has 0 aliphatic carbocycles. The van der Waals surface area contributed by atoms with E-state index in [4.69, 9.17) is 5.73 Å². The fraction of sp³-hybridized carbons (Fsp3) is 0.500. The number of anilines is 2. The van der Waals surface area contributed by atoms with E-state index in [-0.39, 0.29) is 0 Å². The number of hydrogen-bond donors (Lipinski definition) is 2. The average Bonchev–Trinajstić information content (AvgIpc) is 2.13. The van der Waals surface area contributed by atoms with Crippen molar-refractivity contribution in [1.29, 1.82) is 0 Å². The second-order valence-corrected chi connectivity index (χ2v) is 3.49. The molecule has 72 valence electrons. The molecular weight excluding hydrogens is 232 g/mol. The third-order valence-corrected chi connectivity index (χ3v) is 2.42. The molecule has 1 aromatic rings. The molecule has 0 aromatic carbocycles. The number of halogens is 1. The van der Waals surface area contributed by atoms with Crippen LogP contribution in [0.3, 0.4) is 0 Å². The summed E-state index contributed by atoms with van der Waals surface area (Å²) in [5.74, 6) is 1.23. The zero-order chi connectivity index (χ0) is 9.68. The van der Waals surface area contributed by atoms with E-state index in [0.717, 1.165) is 29.7 Å². The van der Waals surface area contributed by atoms with Crippen LogP contribution in [-0.4, -0.2) is 16.5 Å². The minimum absolute atomic E-state index is 0.467. The van der Waals surface area contributed by atoms with Gasteiger partial charge in [0, 0.05) is 6.54 Å². The van der Waals surface area contributed by atoms with Gasteiger partial charge in [-0.1, -0.05) is 13.3 Å². The van der Waals surface area contributed by atoms with Crippen molar-refractivity contribution in [2.75, 3.05) is 17.6 Å². The number of nitrogens with two attached hydrogens (primary N) is 1. The van der Waals surface area contributed by atoms with Crippen LogP contribution in [0.25, 0.3) is 0 Å². The Morgan fingerprint density at radius 3 is 3.00 bits per heavy atom. The van der Waals surface area contributed by atoms with Gasteiger partial charge in [-0.15, -0.1) is 0 Å². The van der Waals surface area contributed by atoms with Gasteiger partial charge in [-0.3, -0.25) is 0 Å². The average molecular weight is 245 g/mol. The topological polar surface area (TPSA) is 63.8 Å². The maximum Gasteiger partial charge on any atom is 0.145 e. The summed E-state index contributed by atoms with van der Waals surface area (Å²) in [4.78, 5) is 7.91. The SMILES string of the molecule is CCCCNc1ncnc(N)c1Br. The minimum atomic E-state index is 0.467. The highest BCUT2D eigenvalue weighted by atomic mass is 79.9. The summed E-state index contributed by atoms with van der Waals surface area (Å²) in [5.41, 5.74) is 5.59. The van der Waals surface area contributed by atoms with Crippen LogP contribution in [0.2, 0.25) is 0 Å². The van der Waals surface area contributed by atoms with Crippen molar-refractivity contribution >= 4 is 27.6 Å². The van der Waals surface area contributed by atoms with E-state index >= 15 is 0 Å². The molecule has 1 heterocycles. The first-order chi connectivity index (χ1) is 6.25. The van der Waals surface area contributed by atoms with Crippen molar-refractivity contribution in [2.24, 2.45) is 0 Å². The van der Waals surface area contributed by atoms with Crippen LogP contribution < -0.4 is 11.1 Å². The van der Waals surface area contributed by atoms with E-state index in [1.807, 2.05) is 0 Å². The highest BCUT2D eigenvalue weighted by Crippen LogP contribution is 2.23. The lowest BCUT2D eigenvalue weighted by Gasteiger charge is -2.06. The van der Waals surface area contributed by atoms with Gasteiger partial charge in [0.1, 0.15) is 22.4 Å². The normalized spacial score (nSPS) is 10.0. The van der Waals surface area contributed by atoms with E-state index in [0.29, 0.717) is 5.82 Å². The molecule has 1 aromatic heterocycles. The summed E-state index contributed by atoms with van der Waals surface area (Å²) in [5, 5.41) is 3.18. The molecule has 0 fully saturated rings. The van der Waals surface area contributed by atoms with Crippen LogP contribution in [-0.2, 0) is 0 Å². The van der Waals surface area contributed by atoms with Gasteiger partial charge >= 0.3 is 0 Å². The smallest absolute Gasteiger partial charge is 0.145 e. The zero-order valence-corrected chi connectivity index (χ0v) is 9.13. The van der Waals surface area contributed by atoms with Crippen LogP contribution in [0.1, 0.15) is 19.8 Å². The highest BCUT2D eigenvalue weighted by Gasteiger charge is 2.03. The number of hydrogen-bond acceptors (Lipinski definition) is 4. The predicted molar refractivity (Wildman–Crippen MR) is 57.5 cm³/mol. The molecule has 0 saturated heterocycles. The van der Waals surface area contributed by atoms with Crippen molar-refractivity contribution in [1.82, 2.24) is 9.97 Å². The van der Waals surface area contributed by atoms with Gasteiger partial charge in [0.05, 0.1) is 0 Å². The van der Waals surface area contributed by atoms with Gasteiger partial charge in [-0.25, -0.2) is 9.97 Å². The fourth-order valence-electron chi connectivity index (χ4n) is 0.890. The lowest BCUT2D eigenvalue weighted by Crippen LogP contribution is -2.05. The number of unbranched alkanes of at least 4 members (excludes halogenated alkanes) is 1. The Kier molecular flexibility index (Phi) is 3.95. The molecule has 13 heavy (non-hydrogen) atoms. The quantitative estimate of drug-likeness (QED) is 0.796. The molecule has 0 saturated carbocycles. The van der Waals surface area contributed by atoms with Crippen molar-refractivity contribution in [3.8, 4) is 0 Å². The van der Waals surface area contributed by atoms with Gasteiger partial charge in [-0.05, 0) is 22.4 Å². The number of rotatable bonds is 4. The van der Waals surface area contributed by atoms with E-state index in [9.17, 15) is 0 Å². The molecule has 0 radical (unpaired) electrons. The Balaban J connectivity index is 2.61. The van der Waals surface area contributed by atoms with Crippen LogP contribution in [0, 0.1) is 0 Å². The first-order valence-electron chi connectivity index (χ1n) is 4.25. The maximum absolute atomic E-state index is 5.59. The Morgan fingerprint density at radius 2 is 2.31 bits per heavy atom. The van der Waals surface area contributed by atoms with Gasteiger partial charge in [-0.2, -0.15) is 0 Å². The Morgan fingerprint density at radius 1 is 1.54 bits per heavy atom. The molecule has 0 aliphatic rings. The summed E-state index contributed by atoms with van der Waals surface area (Å²) >= 11 is 3.32. The first kappa shape index (κ1) is 10.2. The molecular formula is C8H13BrN4. The standard InChI is InChI=1S/C8H13BrN4/c1-2-3-4-11-8-6(9)7(10)12-5-13-8/h5H,2-4H2,1H3,(H3,10,11,12,13). The predicted octanol–water partition coefficient (Wildman–Crippen LogP) is 2.03. The van der Waals surface area contributed by atoms with Crippen molar-refractivity contribution in [2.45, 2.75) is 19.8 Å². The van der Waals surface area contributed by atoms with Crippen LogP contribution >= 0.6 is 15.9 Å². The lowest BCUT2D eigenvalue weighted by molar-refractivity contribution is 0.830. The second-order valence-electron chi connectivity index (χ2n) is 2.70. The van der Waals surface area contributed by atoms with Gasteiger partial charge in [0.15, 0.2) is 0 Å². The fourth-order valence-corrected chi connectivity index (χ4v) is 1.24. The molecule has 0 atom stereocenters. The molecule has 0 aliphatic heterocycles. The highest BCUT2D eigenvalue weighted by molar-refractivity contribution is 9.10. The summed E-state index contributed by atoms with van der Waals surface area (Å²) < 4.78 is 0.742. The summed E-state index contributed by atoms with van der Waals surface area (Å²) in [7, 11) is 0. The molecule has 0 spiro atoms. The molecule has 3 N–H and O–H groups in total. The van der Waals surface area contributed by atoms with Crippen molar-refractivity contribution in [3.05, 3.63) is 10.8 Å². The number of aromatic nitrogens is 2. The van der Waals surface area contributed by atoms with Gasteiger partial charge in [0.25, 0.3) is 0 Å². The lowest BCUT2D eigenvalue weighted by atomic mass is 10.3. The maximum atomic E-state index is 5.59. The first-order valence-corrected chi connectivity index (χ1v) is 5.04. The monoisotopic (exact) mass is 244 g/mol. The Hall–Kier alpha value is -0.840. The van der Waals surface area contributed by atoms with E-state index in [1.165, 1.54) is 6.33 Å². The van der Waals surface area contributed by atoms with Crippen LogP contribution in [0.5, 0.6) is 0 Å². The minimum Gasteiger partial charge on any atom is -0.383 e. The Labute approximate surface area is 86.1 Å². The molecule has 5 heteroatoms. The molecule has 0 bridgehead atoms. The zero-order valence-electron chi connectivity index (χ0n) is 7.55. The second kappa shape index (κ2) is 5.01. The van der Waals surface area contributed by atoms with Gasteiger partial charge in [0.2, 0.25) is 0 Å². The summed E-state index contributed by atoms with van der Waals surface area (Å²) in [6.07, 6.45) is 3.73. The number of nitrogens with zero attached hydrogens (tertiary/aromatic N) is 2. The van der Waals surface area contributed by atoms with Crippen molar-refractivity contribution < 1.29 is 0 Å². The molecule has 0 amide bonds. The molecule has 0 unspecified atom stereocenters. The molecule has 4 nitrogen and oxygen atoms in total. The van der Waals surface area contributed by atoms with Crippen LogP contribution in [0.15, 0.2) is 10.8 Å². The number of nitrogens with one attached hydrogen (secondary N) is 1. The van der Waals surface area contributed by atoms with Crippen molar-refractivity contribution in [3.63, 3.8) is 0 Å². The number of nitrogen functional groups attached to an aromatic ring is 1. The third-order valence-electron chi connectivity index (χ3n) is 1.64. The molecule has 1 rings (SSSR count).